The zero-order valence-electron chi connectivity index (χ0n) is 11.5. The zero-order valence-corrected chi connectivity index (χ0v) is 11.5. The molecule has 2 atom stereocenters. The van der Waals surface area contributed by atoms with Crippen molar-refractivity contribution in [1.29, 1.82) is 0 Å². The van der Waals surface area contributed by atoms with Crippen LogP contribution in [0.4, 0.5) is 0 Å². The minimum absolute atomic E-state index is 0.0168. The number of ether oxygens (including phenoxy) is 1. The van der Waals surface area contributed by atoms with Crippen molar-refractivity contribution in [2.75, 3.05) is 19.8 Å². The third kappa shape index (κ3) is 4.62. The van der Waals surface area contributed by atoms with E-state index in [4.69, 9.17) is 4.74 Å². The summed E-state index contributed by atoms with van der Waals surface area (Å²) >= 11 is 0. The van der Waals surface area contributed by atoms with Crippen LogP contribution in [0.3, 0.4) is 0 Å². The van der Waals surface area contributed by atoms with Gasteiger partial charge in [-0.3, -0.25) is 4.79 Å². The molecule has 1 saturated heterocycles. The number of carbonyl (C=O) groups is 1. The number of hydrogen-bond acceptors (Lipinski definition) is 3. The topological polar surface area (TPSA) is 58.6 Å². The quantitative estimate of drug-likeness (QED) is 0.761. The summed E-state index contributed by atoms with van der Waals surface area (Å²) in [6.45, 7) is 1.77. The van der Waals surface area contributed by atoms with E-state index >= 15 is 0 Å². The lowest BCUT2D eigenvalue weighted by Gasteiger charge is -2.30. The fourth-order valence-electron chi connectivity index (χ4n) is 2.98. The second-order valence-corrected chi connectivity index (χ2v) is 5.65. The Kier molecular flexibility index (Phi) is 5.86. The highest BCUT2D eigenvalue weighted by Crippen LogP contribution is 2.24. The van der Waals surface area contributed by atoms with Gasteiger partial charge in [0, 0.05) is 31.8 Å². The average molecular weight is 267 g/mol. The molecule has 4 heteroatoms. The van der Waals surface area contributed by atoms with Gasteiger partial charge >= 0.3 is 0 Å². The number of hydrogen-bond donors (Lipinski definition) is 2. The lowest BCUT2D eigenvalue weighted by atomic mass is 9.85. The summed E-state index contributed by atoms with van der Waals surface area (Å²) < 4.78 is 5.29. The number of carbonyl (C=O) groups excluding carboxylic acids is 1. The number of rotatable bonds is 4. The lowest BCUT2D eigenvalue weighted by Crippen LogP contribution is -2.42. The molecule has 0 aromatic heterocycles. The van der Waals surface area contributed by atoms with Crippen molar-refractivity contribution in [1.82, 2.24) is 5.32 Å². The summed E-state index contributed by atoms with van der Waals surface area (Å²) in [5.74, 6) is 0.686. The van der Waals surface area contributed by atoms with Crippen molar-refractivity contribution >= 4 is 5.91 Å². The zero-order chi connectivity index (χ0) is 13.5. The molecule has 2 N–H and O–H groups in total. The largest absolute Gasteiger partial charge is 0.396 e. The van der Waals surface area contributed by atoms with Crippen LogP contribution in [-0.2, 0) is 9.53 Å². The van der Waals surface area contributed by atoms with Gasteiger partial charge in [-0.05, 0) is 37.7 Å². The maximum atomic E-state index is 11.9. The molecule has 2 rings (SSSR count). The fourth-order valence-corrected chi connectivity index (χ4v) is 2.98. The second kappa shape index (κ2) is 7.65. The van der Waals surface area contributed by atoms with Gasteiger partial charge < -0.3 is 15.2 Å². The van der Waals surface area contributed by atoms with E-state index in [1.807, 2.05) is 6.08 Å². The minimum Gasteiger partial charge on any atom is -0.396 e. The highest BCUT2D eigenvalue weighted by Gasteiger charge is 2.25. The molecule has 2 unspecified atom stereocenters. The number of aliphatic hydroxyl groups is 1. The SMILES string of the molecule is O=C(/C=C/C1CCOCC1)NC1CCCCC1CO. The molecule has 0 aromatic carbocycles. The van der Waals surface area contributed by atoms with Gasteiger partial charge in [0.15, 0.2) is 0 Å². The van der Waals surface area contributed by atoms with Crippen molar-refractivity contribution in [3.05, 3.63) is 12.2 Å². The Morgan fingerprint density at radius 2 is 1.95 bits per heavy atom. The van der Waals surface area contributed by atoms with Crippen molar-refractivity contribution in [2.24, 2.45) is 11.8 Å². The van der Waals surface area contributed by atoms with E-state index in [-0.39, 0.29) is 24.5 Å². The first-order chi connectivity index (χ1) is 9.29. The summed E-state index contributed by atoms with van der Waals surface area (Å²) in [7, 11) is 0. The normalized spacial score (nSPS) is 29.5. The third-order valence-corrected chi connectivity index (χ3v) is 4.26. The van der Waals surface area contributed by atoms with E-state index < -0.39 is 0 Å². The first-order valence-electron chi connectivity index (χ1n) is 7.47. The molecule has 1 amide bonds. The Morgan fingerprint density at radius 1 is 1.21 bits per heavy atom. The van der Waals surface area contributed by atoms with Gasteiger partial charge in [0.1, 0.15) is 0 Å². The van der Waals surface area contributed by atoms with Gasteiger partial charge in [0.05, 0.1) is 0 Å². The van der Waals surface area contributed by atoms with Crippen LogP contribution in [-0.4, -0.2) is 36.9 Å². The van der Waals surface area contributed by atoms with E-state index in [1.54, 1.807) is 6.08 Å². The predicted octanol–water partition coefficient (Wildman–Crippen LogP) is 1.64. The summed E-state index contributed by atoms with van der Waals surface area (Å²) in [6.07, 6.45) is 10.0. The fraction of sp³-hybridized carbons (Fsp3) is 0.800. The van der Waals surface area contributed by atoms with Gasteiger partial charge in [-0.15, -0.1) is 0 Å². The molecule has 1 aliphatic carbocycles. The van der Waals surface area contributed by atoms with Gasteiger partial charge in [0.2, 0.25) is 5.91 Å². The third-order valence-electron chi connectivity index (χ3n) is 4.26. The Bertz CT molecular complexity index is 311. The van der Waals surface area contributed by atoms with Crippen LogP contribution < -0.4 is 5.32 Å². The monoisotopic (exact) mass is 267 g/mol. The molecule has 1 saturated carbocycles. The van der Waals surface area contributed by atoms with E-state index in [2.05, 4.69) is 5.32 Å². The van der Waals surface area contributed by atoms with Crippen molar-refractivity contribution in [3.8, 4) is 0 Å². The molecule has 0 spiro atoms. The second-order valence-electron chi connectivity index (χ2n) is 5.65. The van der Waals surface area contributed by atoms with Crippen LogP contribution in [0.2, 0.25) is 0 Å². The molecular formula is C15H25NO3. The molecule has 2 aliphatic rings. The number of allylic oxidation sites excluding steroid dienone is 1. The van der Waals surface area contributed by atoms with Crippen molar-refractivity contribution in [2.45, 2.75) is 44.6 Å². The lowest BCUT2D eigenvalue weighted by molar-refractivity contribution is -0.117. The molecule has 0 aromatic rings. The highest BCUT2D eigenvalue weighted by molar-refractivity contribution is 5.87. The predicted molar refractivity (Wildman–Crippen MR) is 73.7 cm³/mol. The Morgan fingerprint density at radius 3 is 2.68 bits per heavy atom. The summed E-state index contributed by atoms with van der Waals surface area (Å²) in [5, 5.41) is 12.4. The van der Waals surface area contributed by atoms with Crippen LogP contribution in [0.25, 0.3) is 0 Å². The number of nitrogens with one attached hydrogen (secondary N) is 1. The number of amides is 1. The van der Waals surface area contributed by atoms with E-state index in [0.717, 1.165) is 51.7 Å². The molecule has 0 radical (unpaired) electrons. The number of aliphatic hydroxyl groups excluding tert-OH is 1. The maximum absolute atomic E-state index is 11.9. The molecule has 4 nitrogen and oxygen atoms in total. The van der Waals surface area contributed by atoms with Gasteiger partial charge in [-0.25, -0.2) is 0 Å². The maximum Gasteiger partial charge on any atom is 0.243 e. The Balaban J connectivity index is 1.77. The van der Waals surface area contributed by atoms with Crippen molar-refractivity contribution < 1.29 is 14.6 Å². The summed E-state index contributed by atoms with van der Waals surface area (Å²) in [5.41, 5.74) is 0. The van der Waals surface area contributed by atoms with Crippen LogP contribution >= 0.6 is 0 Å². The first-order valence-corrected chi connectivity index (χ1v) is 7.47. The molecular weight excluding hydrogens is 242 g/mol. The average Bonchev–Trinajstić information content (AvgIpc) is 2.47. The van der Waals surface area contributed by atoms with Crippen LogP contribution in [0.15, 0.2) is 12.2 Å². The van der Waals surface area contributed by atoms with Crippen molar-refractivity contribution in [3.63, 3.8) is 0 Å². The summed E-state index contributed by atoms with van der Waals surface area (Å²) in [6, 6.07) is 0.144. The molecule has 0 bridgehead atoms. The van der Waals surface area contributed by atoms with Gasteiger partial charge in [-0.1, -0.05) is 18.9 Å². The van der Waals surface area contributed by atoms with Crippen LogP contribution in [0, 0.1) is 11.8 Å². The van der Waals surface area contributed by atoms with E-state index in [1.165, 1.54) is 0 Å². The smallest absolute Gasteiger partial charge is 0.243 e. The Labute approximate surface area is 115 Å². The standard InChI is InChI=1S/C15H25NO3/c17-11-13-3-1-2-4-14(13)16-15(18)6-5-12-7-9-19-10-8-12/h5-6,12-14,17H,1-4,7-11H2,(H,16,18)/b6-5+. The highest BCUT2D eigenvalue weighted by atomic mass is 16.5. The summed E-state index contributed by atoms with van der Waals surface area (Å²) in [4.78, 5) is 11.9. The van der Waals surface area contributed by atoms with Gasteiger partial charge in [0.25, 0.3) is 0 Å². The van der Waals surface area contributed by atoms with E-state index in [0.29, 0.717) is 5.92 Å². The molecule has 2 fully saturated rings. The molecule has 19 heavy (non-hydrogen) atoms. The van der Waals surface area contributed by atoms with Crippen LogP contribution in [0.1, 0.15) is 38.5 Å². The van der Waals surface area contributed by atoms with E-state index in [9.17, 15) is 9.90 Å². The Hall–Kier alpha value is -0.870. The first kappa shape index (κ1) is 14.5. The molecule has 108 valence electrons. The molecule has 1 heterocycles. The molecule has 1 aliphatic heterocycles. The van der Waals surface area contributed by atoms with Gasteiger partial charge in [-0.2, -0.15) is 0 Å². The minimum atomic E-state index is -0.0168. The van der Waals surface area contributed by atoms with Crippen LogP contribution in [0.5, 0.6) is 0 Å².